The van der Waals surface area contributed by atoms with Crippen molar-refractivity contribution in [1.82, 2.24) is 4.98 Å². The first-order chi connectivity index (χ1) is 16.3. The first kappa shape index (κ1) is 20.7. The van der Waals surface area contributed by atoms with E-state index in [0.717, 1.165) is 29.4 Å². The quantitative estimate of drug-likeness (QED) is 0.291. The van der Waals surface area contributed by atoms with Gasteiger partial charge >= 0.3 is 0 Å². The zero-order valence-corrected chi connectivity index (χ0v) is 18.6. The molecule has 0 radical (unpaired) electrons. The Morgan fingerprint density at radius 1 is 0.636 bits per heavy atom. The Bertz CT molecular complexity index is 1270. The van der Waals surface area contributed by atoms with Crippen molar-refractivity contribution >= 4 is 0 Å². The predicted octanol–water partition coefficient (Wildman–Crippen LogP) is 6.43. The number of pyridine rings is 2. The molecule has 0 amide bonds. The standard InChI is InChI=1S/C30H25N2O/c1-33-27-17-15-23(16-18-27)22-32-29(25-12-6-3-7-13-25)20-26(24-10-4-2-5-11-24)21-30(32)28-14-8-9-19-31-28/h2-21H,22H2,1H3/q+1. The number of methoxy groups -OCH3 is 1. The summed E-state index contributed by atoms with van der Waals surface area (Å²) in [5.41, 5.74) is 7.88. The highest BCUT2D eigenvalue weighted by atomic mass is 16.5. The summed E-state index contributed by atoms with van der Waals surface area (Å²) in [7, 11) is 1.69. The summed E-state index contributed by atoms with van der Waals surface area (Å²) in [6, 6.07) is 39.9. The van der Waals surface area contributed by atoms with Crippen molar-refractivity contribution in [3.63, 3.8) is 0 Å². The van der Waals surface area contributed by atoms with E-state index in [0.29, 0.717) is 0 Å². The lowest BCUT2D eigenvalue weighted by Crippen LogP contribution is -2.39. The highest BCUT2D eigenvalue weighted by molar-refractivity contribution is 5.72. The van der Waals surface area contributed by atoms with Crippen molar-refractivity contribution in [3.8, 4) is 39.5 Å². The van der Waals surface area contributed by atoms with Gasteiger partial charge in [-0.25, -0.2) is 4.98 Å². The minimum Gasteiger partial charge on any atom is -0.497 e. The van der Waals surface area contributed by atoms with E-state index in [4.69, 9.17) is 9.72 Å². The molecule has 33 heavy (non-hydrogen) atoms. The fraction of sp³-hybridized carbons (Fsp3) is 0.0667. The molecule has 0 saturated heterocycles. The van der Waals surface area contributed by atoms with E-state index in [-0.39, 0.29) is 0 Å². The van der Waals surface area contributed by atoms with Crippen LogP contribution in [0.2, 0.25) is 0 Å². The van der Waals surface area contributed by atoms with Gasteiger partial charge in [-0.1, -0.05) is 54.6 Å². The molecule has 0 fully saturated rings. The van der Waals surface area contributed by atoms with Gasteiger partial charge in [0.2, 0.25) is 11.4 Å². The topological polar surface area (TPSA) is 26.0 Å². The summed E-state index contributed by atoms with van der Waals surface area (Å²) >= 11 is 0. The van der Waals surface area contributed by atoms with Crippen LogP contribution in [0.5, 0.6) is 5.75 Å². The van der Waals surface area contributed by atoms with Crippen molar-refractivity contribution < 1.29 is 9.30 Å². The molecule has 2 heterocycles. The van der Waals surface area contributed by atoms with Crippen LogP contribution < -0.4 is 9.30 Å². The summed E-state index contributed by atoms with van der Waals surface area (Å²) in [6.07, 6.45) is 1.85. The largest absolute Gasteiger partial charge is 0.497 e. The summed E-state index contributed by atoms with van der Waals surface area (Å²) in [5.74, 6) is 0.858. The van der Waals surface area contributed by atoms with Crippen molar-refractivity contribution in [2.24, 2.45) is 0 Å². The van der Waals surface area contributed by atoms with Gasteiger partial charge in [-0.3, -0.25) is 0 Å². The Hall–Kier alpha value is -4.24. The predicted molar refractivity (Wildman–Crippen MR) is 133 cm³/mol. The van der Waals surface area contributed by atoms with E-state index in [1.54, 1.807) is 7.11 Å². The number of nitrogens with zero attached hydrogens (tertiary/aromatic N) is 2. The molecule has 0 saturated carbocycles. The summed E-state index contributed by atoms with van der Waals surface area (Å²) in [5, 5.41) is 0. The van der Waals surface area contributed by atoms with Gasteiger partial charge in [0.1, 0.15) is 11.4 Å². The molecule has 3 nitrogen and oxygen atoms in total. The van der Waals surface area contributed by atoms with Crippen molar-refractivity contribution in [2.75, 3.05) is 7.11 Å². The van der Waals surface area contributed by atoms with Crippen LogP contribution in [-0.4, -0.2) is 12.1 Å². The highest BCUT2D eigenvalue weighted by Gasteiger charge is 2.23. The second kappa shape index (κ2) is 9.49. The first-order valence-electron chi connectivity index (χ1n) is 11.0. The number of aromatic nitrogens is 2. The second-order valence-electron chi connectivity index (χ2n) is 7.90. The molecule has 3 heteroatoms. The third kappa shape index (κ3) is 4.53. The Labute approximate surface area is 194 Å². The average molecular weight is 430 g/mol. The third-order valence-electron chi connectivity index (χ3n) is 5.77. The van der Waals surface area contributed by atoms with Gasteiger partial charge in [-0.05, 0) is 59.7 Å². The molecule has 0 aliphatic rings. The van der Waals surface area contributed by atoms with Crippen LogP contribution in [0.1, 0.15) is 5.56 Å². The molecule has 0 bridgehead atoms. The highest BCUT2D eigenvalue weighted by Crippen LogP contribution is 2.29. The minimum atomic E-state index is 0.717. The molecular formula is C30H25N2O+. The fourth-order valence-electron chi connectivity index (χ4n) is 4.08. The fourth-order valence-corrected chi connectivity index (χ4v) is 4.08. The number of hydrogen-bond acceptors (Lipinski definition) is 2. The van der Waals surface area contributed by atoms with Gasteiger partial charge in [0.25, 0.3) is 0 Å². The molecule has 0 spiro atoms. The summed E-state index contributed by atoms with van der Waals surface area (Å²) in [6.45, 7) is 0.717. The van der Waals surface area contributed by atoms with Crippen LogP contribution in [0.25, 0.3) is 33.8 Å². The minimum absolute atomic E-state index is 0.717. The summed E-state index contributed by atoms with van der Waals surface area (Å²) in [4.78, 5) is 4.71. The first-order valence-corrected chi connectivity index (χ1v) is 11.0. The lowest BCUT2D eigenvalue weighted by Gasteiger charge is -2.13. The maximum absolute atomic E-state index is 5.35. The smallest absolute Gasteiger partial charge is 0.232 e. The molecule has 2 aromatic heterocycles. The van der Waals surface area contributed by atoms with Gasteiger partial charge < -0.3 is 4.74 Å². The lowest BCUT2D eigenvalue weighted by molar-refractivity contribution is -0.666. The van der Waals surface area contributed by atoms with E-state index >= 15 is 0 Å². The van der Waals surface area contributed by atoms with Gasteiger partial charge in [-0.2, -0.15) is 4.57 Å². The van der Waals surface area contributed by atoms with E-state index < -0.39 is 0 Å². The molecule has 0 aliphatic carbocycles. The van der Waals surface area contributed by atoms with Crippen LogP contribution in [0, 0.1) is 0 Å². The average Bonchev–Trinajstić information content (AvgIpc) is 2.90. The Balaban J connectivity index is 1.75. The van der Waals surface area contributed by atoms with Gasteiger partial charge in [0.15, 0.2) is 6.54 Å². The number of ether oxygens (including phenoxy) is 1. The number of benzene rings is 3. The Morgan fingerprint density at radius 2 is 1.27 bits per heavy atom. The Kier molecular flexibility index (Phi) is 5.94. The molecule has 0 N–H and O–H groups in total. The van der Waals surface area contributed by atoms with Crippen LogP contribution in [0.3, 0.4) is 0 Å². The maximum atomic E-state index is 5.35. The molecule has 5 rings (SSSR count). The molecule has 160 valence electrons. The van der Waals surface area contributed by atoms with Gasteiger partial charge in [0.05, 0.1) is 7.11 Å². The lowest BCUT2D eigenvalue weighted by atomic mass is 10.00. The van der Waals surface area contributed by atoms with Crippen LogP contribution in [0.15, 0.2) is 121 Å². The van der Waals surface area contributed by atoms with E-state index in [1.807, 2.05) is 36.5 Å². The zero-order valence-electron chi connectivity index (χ0n) is 18.6. The SMILES string of the molecule is COc1ccc(C[n+]2c(-c3ccccc3)cc(-c3ccccc3)cc2-c2ccccn2)cc1. The normalized spacial score (nSPS) is 10.7. The van der Waals surface area contributed by atoms with Crippen molar-refractivity contribution in [2.45, 2.75) is 6.54 Å². The molecule has 0 aliphatic heterocycles. The number of hydrogen-bond donors (Lipinski definition) is 0. The molecule has 0 atom stereocenters. The molecule has 5 aromatic rings. The van der Waals surface area contributed by atoms with Crippen LogP contribution >= 0.6 is 0 Å². The van der Waals surface area contributed by atoms with Crippen molar-refractivity contribution in [1.29, 1.82) is 0 Å². The van der Waals surface area contributed by atoms with Crippen molar-refractivity contribution in [3.05, 3.63) is 127 Å². The van der Waals surface area contributed by atoms with Crippen LogP contribution in [0.4, 0.5) is 0 Å². The third-order valence-corrected chi connectivity index (χ3v) is 5.77. The van der Waals surface area contributed by atoms with E-state index in [9.17, 15) is 0 Å². The monoisotopic (exact) mass is 429 g/mol. The van der Waals surface area contributed by atoms with E-state index in [1.165, 1.54) is 22.3 Å². The molecule has 0 unspecified atom stereocenters. The second-order valence-corrected chi connectivity index (χ2v) is 7.90. The number of rotatable bonds is 6. The van der Waals surface area contributed by atoms with Crippen LogP contribution in [-0.2, 0) is 6.54 Å². The van der Waals surface area contributed by atoms with Gasteiger partial charge in [-0.15, -0.1) is 0 Å². The molecule has 3 aromatic carbocycles. The van der Waals surface area contributed by atoms with E-state index in [2.05, 4.69) is 89.5 Å². The molecular weight excluding hydrogens is 404 g/mol. The summed E-state index contributed by atoms with van der Waals surface area (Å²) < 4.78 is 7.71. The maximum Gasteiger partial charge on any atom is 0.232 e. The van der Waals surface area contributed by atoms with Gasteiger partial charge in [0, 0.05) is 29.5 Å². The zero-order chi connectivity index (χ0) is 22.5. The Morgan fingerprint density at radius 3 is 1.91 bits per heavy atom.